The molecule has 0 radical (unpaired) electrons. The molecule has 2 aromatic carbocycles. The van der Waals surface area contributed by atoms with Gasteiger partial charge in [0.2, 0.25) is 5.78 Å². The van der Waals surface area contributed by atoms with E-state index in [2.05, 4.69) is 9.97 Å². The molecule has 28 heavy (non-hydrogen) atoms. The predicted molar refractivity (Wildman–Crippen MR) is 107 cm³/mol. The van der Waals surface area contributed by atoms with Gasteiger partial charge in [-0.3, -0.25) is 9.78 Å². The summed E-state index contributed by atoms with van der Waals surface area (Å²) in [7, 11) is 0. The number of aromatic nitrogens is 2. The van der Waals surface area contributed by atoms with Crippen molar-refractivity contribution in [3.63, 3.8) is 0 Å². The second-order valence-corrected chi connectivity index (χ2v) is 6.90. The van der Waals surface area contributed by atoms with Gasteiger partial charge in [-0.2, -0.15) is 0 Å². The number of ether oxygens (including phenoxy) is 1. The summed E-state index contributed by atoms with van der Waals surface area (Å²) in [5, 5.41) is 0. The number of ketones is 1. The van der Waals surface area contributed by atoms with Crippen LogP contribution in [0.2, 0.25) is 0 Å². The standard InChI is InChI=1S/C23H20N2O3/c1-15(23(27)18-10-9-16-5-4-6-17(16)13-18)28-22(26)12-11-19-14-24-20-7-2-3-8-21(20)25-19/h2-3,7-15H,4-6H2,1H3/b12-11+. The van der Waals surface area contributed by atoms with E-state index < -0.39 is 12.1 Å². The van der Waals surface area contributed by atoms with Crippen LogP contribution in [0.1, 0.15) is 40.5 Å². The topological polar surface area (TPSA) is 69.2 Å². The van der Waals surface area contributed by atoms with E-state index in [1.54, 1.807) is 13.1 Å². The van der Waals surface area contributed by atoms with Gasteiger partial charge in [0, 0.05) is 11.6 Å². The van der Waals surface area contributed by atoms with Crippen molar-refractivity contribution < 1.29 is 14.3 Å². The number of fused-ring (bicyclic) bond motifs is 2. The Morgan fingerprint density at radius 1 is 1.07 bits per heavy atom. The van der Waals surface area contributed by atoms with Gasteiger partial charge >= 0.3 is 5.97 Å². The van der Waals surface area contributed by atoms with E-state index in [1.165, 1.54) is 23.3 Å². The molecule has 5 heteroatoms. The van der Waals surface area contributed by atoms with E-state index in [0.717, 1.165) is 30.3 Å². The smallest absolute Gasteiger partial charge is 0.331 e. The molecule has 1 aromatic heterocycles. The lowest BCUT2D eigenvalue weighted by Crippen LogP contribution is -2.23. The number of hydrogen-bond acceptors (Lipinski definition) is 5. The highest BCUT2D eigenvalue weighted by molar-refractivity contribution is 6.01. The van der Waals surface area contributed by atoms with Crippen molar-refractivity contribution in [1.29, 1.82) is 0 Å². The van der Waals surface area contributed by atoms with Crippen LogP contribution >= 0.6 is 0 Å². The summed E-state index contributed by atoms with van der Waals surface area (Å²) in [6, 6.07) is 13.2. The number of carbonyl (C=O) groups excluding carboxylic acids is 2. The maximum absolute atomic E-state index is 12.6. The molecule has 5 nitrogen and oxygen atoms in total. The SMILES string of the molecule is CC(OC(=O)/C=C/c1cnc2ccccc2n1)C(=O)c1ccc2c(c1)CCC2. The van der Waals surface area contributed by atoms with Crippen molar-refractivity contribution in [3.05, 3.63) is 77.1 Å². The summed E-state index contributed by atoms with van der Waals surface area (Å²) < 4.78 is 5.27. The van der Waals surface area contributed by atoms with E-state index in [4.69, 9.17) is 4.74 Å². The monoisotopic (exact) mass is 372 g/mol. The number of para-hydroxylation sites is 2. The third-order valence-electron chi connectivity index (χ3n) is 4.90. The van der Waals surface area contributed by atoms with Crippen LogP contribution in [-0.4, -0.2) is 27.8 Å². The first-order valence-electron chi connectivity index (χ1n) is 9.36. The molecule has 1 aliphatic carbocycles. The quantitative estimate of drug-likeness (QED) is 0.385. The average Bonchev–Trinajstić information content (AvgIpc) is 3.19. The lowest BCUT2D eigenvalue weighted by atomic mass is 10.0. The van der Waals surface area contributed by atoms with E-state index in [9.17, 15) is 9.59 Å². The van der Waals surface area contributed by atoms with Crippen LogP contribution in [0, 0.1) is 0 Å². The molecule has 4 rings (SSSR count). The maximum Gasteiger partial charge on any atom is 0.331 e. The number of nitrogens with zero attached hydrogens (tertiary/aromatic N) is 2. The zero-order chi connectivity index (χ0) is 19.5. The fraction of sp³-hybridized carbons (Fsp3) is 0.217. The molecule has 0 fully saturated rings. The molecule has 0 spiro atoms. The molecule has 0 saturated heterocycles. The summed E-state index contributed by atoms with van der Waals surface area (Å²) in [5.41, 5.74) is 5.20. The fourth-order valence-corrected chi connectivity index (χ4v) is 3.43. The molecule has 1 aliphatic rings. The van der Waals surface area contributed by atoms with Gasteiger partial charge in [-0.1, -0.05) is 24.3 Å². The van der Waals surface area contributed by atoms with Gasteiger partial charge in [0.15, 0.2) is 6.10 Å². The van der Waals surface area contributed by atoms with Crippen molar-refractivity contribution in [1.82, 2.24) is 9.97 Å². The predicted octanol–water partition coefficient (Wildman–Crippen LogP) is 3.95. The van der Waals surface area contributed by atoms with Crippen LogP contribution in [-0.2, 0) is 22.4 Å². The molecule has 0 saturated carbocycles. The summed E-state index contributed by atoms with van der Waals surface area (Å²) >= 11 is 0. The van der Waals surface area contributed by atoms with Crippen LogP contribution < -0.4 is 0 Å². The summed E-state index contributed by atoms with van der Waals surface area (Å²) in [6.07, 6.45) is 6.74. The first-order valence-corrected chi connectivity index (χ1v) is 9.36. The van der Waals surface area contributed by atoms with Gasteiger partial charge < -0.3 is 4.74 Å². The Kier molecular flexibility index (Phi) is 4.98. The van der Waals surface area contributed by atoms with E-state index in [-0.39, 0.29) is 5.78 Å². The zero-order valence-electron chi connectivity index (χ0n) is 15.6. The largest absolute Gasteiger partial charge is 0.451 e. The number of aryl methyl sites for hydroxylation is 2. The van der Waals surface area contributed by atoms with Crippen molar-refractivity contribution in [2.75, 3.05) is 0 Å². The van der Waals surface area contributed by atoms with Crippen molar-refractivity contribution >= 4 is 28.9 Å². The van der Waals surface area contributed by atoms with Crippen LogP contribution in [0.3, 0.4) is 0 Å². The first-order chi connectivity index (χ1) is 13.6. The zero-order valence-corrected chi connectivity index (χ0v) is 15.6. The van der Waals surface area contributed by atoms with E-state index in [1.807, 2.05) is 42.5 Å². The van der Waals surface area contributed by atoms with Gasteiger partial charge in [-0.15, -0.1) is 0 Å². The third kappa shape index (κ3) is 3.83. The van der Waals surface area contributed by atoms with Crippen LogP contribution in [0.5, 0.6) is 0 Å². The lowest BCUT2D eigenvalue weighted by molar-refractivity contribution is -0.140. The highest BCUT2D eigenvalue weighted by Crippen LogP contribution is 2.23. The van der Waals surface area contributed by atoms with E-state index in [0.29, 0.717) is 11.3 Å². The van der Waals surface area contributed by atoms with Gasteiger partial charge in [-0.25, -0.2) is 9.78 Å². The minimum atomic E-state index is -0.848. The average molecular weight is 372 g/mol. The van der Waals surface area contributed by atoms with Gasteiger partial charge in [0.1, 0.15) is 0 Å². The summed E-state index contributed by atoms with van der Waals surface area (Å²) in [6.45, 7) is 1.59. The minimum Gasteiger partial charge on any atom is -0.451 e. The van der Waals surface area contributed by atoms with E-state index >= 15 is 0 Å². The van der Waals surface area contributed by atoms with Crippen molar-refractivity contribution in [2.24, 2.45) is 0 Å². The third-order valence-corrected chi connectivity index (χ3v) is 4.90. The molecule has 1 heterocycles. The Balaban J connectivity index is 1.40. The Morgan fingerprint density at radius 2 is 1.86 bits per heavy atom. The Morgan fingerprint density at radius 3 is 2.71 bits per heavy atom. The first kappa shape index (κ1) is 18.0. The molecule has 1 atom stereocenters. The number of hydrogen-bond donors (Lipinski definition) is 0. The van der Waals surface area contributed by atoms with Gasteiger partial charge in [-0.05, 0) is 61.6 Å². The maximum atomic E-state index is 12.6. The molecule has 3 aromatic rings. The molecule has 0 bridgehead atoms. The molecule has 1 unspecified atom stereocenters. The number of carbonyl (C=O) groups is 2. The highest BCUT2D eigenvalue weighted by atomic mass is 16.5. The number of rotatable bonds is 5. The highest BCUT2D eigenvalue weighted by Gasteiger charge is 2.20. The Bertz CT molecular complexity index is 1090. The van der Waals surface area contributed by atoms with Crippen LogP contribution in [0.15, 0.2) is 54.7 Å². The Labute approximate surface area is 163 Å². The molecule has 0 N–H and O–H groups in total. The van der Waals surface area contributed by atoms with Gasteiger partial charge in [0.05, 0.1) is 22.9 Å². The molecule has 0 aliphatic heterocycles. The second-order valence-electron chi connectivity index (χ2n) is 6.90. The Hall–Kier alpha value is -3.34. The van der Waals surface area contributed by atoms with Crippen LogP contribution in [0.4, 0.5) is 0 Å². The molecular formula is C23H20N2O3. The number of esters is 1. The second kappa shape index (κ2) is 7.72. The molecule has 140 valence electrons. The molecular weight excluding hydrogens is 352 g/mol. The summed E-state index contributed by atoms with van der Waals surface area (Å²) in [4.78, 5) is 33.4. The van der Waals surface area contributed by atoms with Gasteiger partial charge in [0.25, 0.3) is 0 Å². The lowest BCUT2D eigenvalue weighted by Gasteiger charge is -2.12. The molecule has 0 amide bonds. The normalized spacial score (nSPS) is 14.2. The number of Topliss-reactive ketones (excluding diaryl/α,β-unsaturated/α-hetero) is 1. The number of benzene rings is 2. The van der Waals surface area contributed by atoms with Crippen molar-refractivity contribution in [3.8, 4) is 0 Å². The fourth-order valence-electron chi connectivity index (χ4n) is 3.43. The summed E-state index contributed by atoms with van der Waals surface area (Å²) in [5.74, 6) is -0.779. The minimum absolute atomic E-state index is 0.193. The van der Waals surface area contributed by atoms with Crippen molar-refractivity contribution in [2.45, 2.75) is 32.3 Å². The van der Waals surface area contributed by atoms with Crippen LogP contribution in [0.25, 0.3) is 17.1 Å².